The summed E-state index contributed by atoms with van der Waals surface area (Å²) in [5, 5.41) is 2.85. The van der Waals surface area contributed by atoms with E-state index in [1.54, 1.807) is 11.9 Å². The lowest BCUT2D eigenvalue weighted by atomic mass is 10.0. The van der Waals surface area contributed by atoms with E-state index in [1.165, 1.54) is 0 Å². The minimum absolute atomic E-state index is 0.0542. The van der Waals surface area contributed by atoms with E-state index in [4.69, 9.17) is 9.15 Å². The molecular formula is C20H24N2O4. The normalized spacial score (nSPS) is 13.1. The molecule has 3 rings (SSSR count). The van der Waals surface area contributed by atoms with Gasteiger partial charge in [-0.3, -0.25) is 9.59 Å². The van der Waals surface area contributed by atoms with E-state index in [0.717, 1.165) is 34.9 Å². The van der Waals surface area contributed by atoms with Gasteiger partial charge in [0, 0.05) is 25.6 Å². The molecule has 0 atom stereocenters. The van der Waals surface area contributed by atoms with Gasteiger partial charge in [-0.15, -0.1) is 0 Å². The molecule has 1 aliphatic rings. The van der Waals surface area contributed by atoms with Gasteiger partial charge >= 0.3 is 0 Å². The van der Waals surface area contributed by atoms with Crippen LogP contribution in [-0.4, -0.2) is 30.4 Å². The maximum atomic E-state index is 12.2. The average Bonchev–Trinajstić information content (AvgIpc) is 3.03. The number of aryl methyl sites for hydroxylation is 2. The molecule has 1 aromatic heterocycles. The summed E-state index contributed by atoms with van der Waals surface area (Å²) in [5.74, 6) is 2.52. The van der Waals surface area contributed by atoms with Crippen molar-refractivity contribution in [1.82, 2.24) is 4.90 Å². The minimum Gasteiger partial charge on any atom is -0.494 e. The number of rotatable bonds is 7. The van der Waals surface area contributed by atoms with Crippen molar-refractivity contribution in [2.45, 2.75) is 39.2 Å². The molecule has 6 nitrogen and oxygen atoms in total. The molecule has 1 aromatic carbocycles. The first-order valence-corrected chi connectivity index (χ1v) is 8.86. The Bertz CT molecular complexity index is 797. The summed E-state index contributed by atoms with van der Waals surface area (Å²) in [6.45, 7) is 2.84. The van der Waals surface area contributed by atoms with E-state index in [2.05, 4.69) is 5.32 Å². The molecule has 0 saturated carbocycles. The largest absolute Gasteiger partial charge is 0.494 e. The molecule has 0 bridgehead atoms. The lowest BCUT2D eigenvalue weighted by Gasteiger charge is -2.18. The zero-order chi connectivity index (χ0) is 18.5. The van der Waals surface area contributed by atoms with Gasteiger partial charge in [0.05, 0.1) is 13.2 Å². The van der Waals surface area contributed by atoms with E-state index in [1.807, 2.05) is 37.3 Å². The number of benzene rings is 1. The number of carbonyl (C=O) groups is 2. The Balaban J connectivity index is 1.41. The molecule has 2 amide bonds. The van der Waals surface area contributed by atoms with Gasteiger partial charge in [0.25, 0.3) is 0 Å². The van der Waals surface area contributed by atoms with Crippen LogP contribution in [0.2, 0.25) is 0 Å². The van der Waals surface area contributed by atoms with Crippen LogP contribution in [0.15, 0.2) is 34.7 Å². The number of ether oxygens (including phenoxy) is 1. The molecule has 0 fully saturated rings. The second kappa shape index (κ2) is 8.08. The van der Waals surface area contributed by atoms with Gasteiger partial charge in [-0.1, -0.05) is 0 Å². The van der Waals surface area contributed by atoms with Crippen molar-refractivity contribution < 1.29 is 18.7 Å². The van der Waals surface area contributed by atoms with E-state index in [9.17, 15) is 9.59 Å². The van der Waals surface area contributed by atoms with E-state index >= 15 is 0 Å². The van der Waals surface area contributed by atoms with Crippen molar-refractivity contribution in [2.75, 3.05) is 19.0 Å². The number of amides is 2. The zero-order valence-electron chi connectivity index (χ0n) is 15.2. The van der Waals surface area contributed by atoms with Crippen molar-refractivity contribution in [3.63, 3.8) is 0 Å². The zero-order valence-corrected chi connectivity index (χ0v) is 15.2. The summed E-state index contributed by atoms with van der Waals surface area (Å²) in [6.07, 6.45) is 2.31. The molecule has 0 spiro atoms. The number of nitrogens with zero attached hydrogens (tertiary/aromatic N) is 1. The second-order valence-electron chi connectivity index (χ2n) is 6.58. The van der Waals surface area contributed by atoms with Gasteiger partial charge in [-0.25, -0.2) is 0 Å². The third-order valence-corrected chi connectivity index (χ3v) is 4.39. The molecule has 0 saturated heterocycles. The minimum atomic E-state index is 0.0542. The van der Waals surface area contributed by atoms with Crippen LogP contribution in [0.3, 0.4) is 0 Å². The Morgan fingerprint density at radius 3 is 2.88 bits per heavy atom. The molecule has 1 aliphatic heterocycles. The molecule has 2 aromatic rings. The molecule has 138 valence electrons. The highest BCUT2D eigenvalue weighted by atomic mass is 16.5. The van der Waals surface area contributed by atoms with Gasteiger partial charge in [0.15, 0.2) is 0 Å². The predicted molar refractivity (Wildman–Crippen MR) is 98.0 cm³/mol. The molecule has 6 heteroatoms. The third kappa shape index (κ3) is 4.65. The van der Waals surface area contributed by atoms with Crippen molar-refractivity contribution in [3.05, 3.63) is 47.4 Å². The second-order valence-corrected chi connectivity index (χ2v) is 6.58. The van der Waals surface area contributed by atoms with Gasteiger partial charge in [0.2, 0.25) is 11.8 Å². The number of furan rings is 1. The maximum absolute atomic E-state index is 12.2. The van der Waals surface area contributed by atoms with Crippen LogP contribution in [-0.2, 0) is 22.6 Å². The van der Waals surface area contributed by atoms with Crippen LogP contribution in [0.25, 0.3) is 0 Å². The summed E-state index contributed by atoms with van der Waals surface area (Å²) < 4.78 is 11.2. The first-order valence-electron chi connectivity index (χ1n) is 8.86. The quantitative estimate of drug-likeness (QED) is 0.773. The van der Waals surface area contributed by atoms with Crippen molar-refractivity contribution in [3.8, 4) is 5.75 Å². The Labute approximate surface area is 153 Å². The number of hydrogen-bond donors (Lipinski definition) is 1. The van der Waals surface area contributed by atoms with Crippen LogP contribution >= 0.6 is 0 Å². The average molecular weight is 356 g/mol. The van der Waals surface area contributed by atoms with E-state index in [-0.39, 0.29) is 11.8 Å². The van der Waals surface area contributed by atoms with Crippen LogP contribution in [0.1, 0.15) is 36.3 Å². The molecule has 26 heavy (non-hydrogen) atoms. The highest BCUT2D eigenvalue weighted by Gasteiger charge is 2.15. The predicted octanol–water partition coefficient (Wildman–Crippen LogP) is 3.29. The van der Waals surface area contributed by atoms with Gasteiger partial charge < -0.3 is 19.4 Å². The molecule has 0 unspecified atom stereocenters. The Kier molecular flexibility index (Phi) is 5.61. The topological polar surface area (TPSA) is 71.8 Å². The van der Waals surface area contributed by atoms with Gasteiger partial charge in [-0.2, -0.15) is 0 Å². The fourth-order valence-corrected chi connectivity index (χ4v) is 2.95. The van der Waals surface area contributed by atoms with Gasteiger partial charge in [0.1, 0.15) is 17.3 Å². The fourth-order valence-electron chi connectivity index (χ4n) is 2.95. The molecule has 0 aliphatic carbocycles. The number of fused-ring (bicyclic) bond motifs is 1. The summed E-state index contributed by atoms with van der Waals surface area (Å²) in [5.41, 5.74) is 1.95. The Morgan fingerprint density at radius 1 is 1.27 bits per heavy atom. The molecular weight excluding hydrogens is 332 g/mol. The maximum Gasteiger partial charge on any atom is 0.224 e. The smallest absolute Gasteiger partial charge is 0.224 e. The number of anilines is 1. The third-order valence-electron chi connectivity index (χ3n) is 4.39. The summed E-state index contributed by atoms with van der Waals surface area (Å²) in [7, 11) is 1.78. The summed E-state index contributed by atoms with van der Waals surface area (Å²) >= 11 is 0. The monoisotopic (exact) mass is 356 g/mol. The summed E-state index contributed by atoms with van der Waals surface area (Å²) in [6, 6.07) is 9.46. The number of carbonyl (C=O) groups excluding carboxylic acids is 2. The highest BCUT2D eigenvalue weighted by Crippen LogP contribution is 2.26. The number of nitrogens with one attached hydrogen (secondary N) is 1. The van der Waals surface area contributed by atoms with E-state index in [0.29, 0.717) is 32.4 Å². The first kappa shape index (κ1) is 18.0. The van der Waals surface area contributed by atoms with Crippen molar-refractivity contribution in [1.29, 1.82) is 0 Å². The first-order chi connectivity index (χ1) is 12.5. The van der Waals surface area contributed by atoms with Crippen molar-refractivity contribution >= 4 is 17.5 Å². The SMILES string of the molecule is Cc1ccc(CN(C)C(=O)CCCOc2ccc3c(c2)CCC(=O)N3)o1. The lowest BCUT2D eigenvalue weighted by Crippen LogP contribution is -2.26. The summed E-state index contributed by atoms with van der Waals surface area (Å²) in [4.78, 5) is 25.2. The highest BCUT2D eigenvalue weighted by molar-refractivity contribution is 5.94. The van der Waals surface area contributed by atoms with Crippen LogP contribution < -0.4 is 10.1 Å². The van der Waals surface area contributed by atoms with Crippen LogP contribution in [0.4, 0.5) is 5.69 Å². The molecule has 2 heterocycles. The molecule has 1 N–H and O–H groups in total. The Morgan fingerprint density at radius 2 is 2.12 bits per heavy atom. The van der Waals surface area contributed by atoms with E-state index < -0.39 is 0 Å². The van der Waals surface area contributed by atoms with Gasteiger partial charge in [-0.05, 0) is 55.7 Å². The fraction of sp³-hybridized carbons (Fsp3) is 0.400. The van der Waals surface area contributed by atoms with Crippen LogP contribution in [0.5, 0.6) is 5.75 Å². The standard InChI is InChI=1S/C20H24N2O4/c1-14-5-7-17(26-14)13-22(2)20(24)4-3-11-25-16-8-9-18-15(12-16)6-10-19(23)21-18/h5,7-9,12H,3-4,6,10-11,13H2,1-2H3,(H,21,23). The lowest BCUT2D eigenvalue weighted by molar-refractivity contribution is -0.130. The number of hydrogen-bond acceptors (Lipinski definition) is 4. The Hall–Kier alpha value is -2.76. The van der Waals surface area contributed by atoms with Crippen molar-refractivity contribution in [2.24, 2.45) is 0 Å². The molecule has 0 radical (unpaired) electrons. The van der Waals surface area contributed by atoms with Crippen LogP contribution in [0, 0.1) is 6.92 Å².